The molecule has 0 spiro atoms. The van der Waals surface area contributed by atoms with Crippen molar-refractivity contribution in [3.8, 4) is 0 Å². The van der Waals surface area contributed by atoms with E-state index in [4.69, 9.17) is 0 Å². The average molecular weight is 405 g/mol. The van der Waals surface area contributed by atoms with E-state index in [1.165, 1.54) is 0 Å². The van der Waals surface area contributed by atoms with Crippen molar-refractivity contribution >= 4 is 17.8 Å². The van der Waals surface area contributed by atoms with Crippen LogP contribution in [0.5, 0.6) is 0 Å². The van der Waals surface area contributed by atoms with E-state index in [0.717, 1.165) is 5.56 Å². The molecule has 0 bridgehead atoms. The summed E-state index contributed by atoms with van der Waals surface area (Å²) >= 11 is 0. The molecule has 1 aliphatic heterocycles. The zero-order valence-electron chi connectivity index (χ0n) is 15.2. The summed E-state index contributed by atoms with van der Waals surface area (Å²) in [5.74, 6) is -2.58. The van der Waals surface area contributed by atoms with Crippen LogP contribution in [0.15, 0.2) is 60.7 Å². The number of alkyl halides is 3. The molecule has 0 aliphatic carbocycles. The molecular formula is C20H18F3N3O3. The molecule has 1 saturated heterocycles. The number of hydrogen-bond donors (Lipinski definition) is 2. The Hall–Kier alpha value is -3.36. The Morgan fingerprint density at radius 2 is 1.52 bits per heavy atom. The Morgan fingerprint density at radius 3 is 2.07 bits per heavy atom. The molecule has 29 heavy (non-hydrogen) atoms. The smallest absolute Gasteiger partial charge is 0.318 e. The average Bonchev–Trinajstić information content (AvgIpc) is 2.92. The molecule has 2 aromatic rings. The van der Waals surface area contributed by atoms with Crippen LogP contribution >= 0.6 is 0 Å². The highest BCUT2D eigenvalue weighted by Gasteiger charge is 2.68. The number of halogens is 3. The summed E-state index contributed by atoms with van der Waals surface area (Å²) in [7, 11) is 0. The van der Waals surface area contributed by atoms with Crippen molar-refractivity contribution in [2.24, 2.45) is 0 Å². The summed E-state index contributed by atoms with van der Waals surface area (Å²) in [6.07, 6.45) is -5.40. The highest BCUT2D eigenvalue weighted by molar-refractivity contribution is 6.09. The molecular weight excluding hydrogens is 387 g/mol. The normalized spacial score (nSPS) is 19.2. The fourth-order valence-electron chi connectivity index (χ4n) is 3.05. The molecule has 2 aromatic carbocycles. The van der Waals surface area contributed by atoms with Crippen LogP contribution in [0.3, 0.4) is 0 Å². The number of carbonyl (C=O) groups excluding carboxylic acids is 3. The summed E-state index contributed by atoms with van der Waals surface area (Å²) in [5, 5.41) is 3.34. The number of imide groups is 1. The van der Waals surface area contributed by atoms with Crippen LogP contribution in [0, 0.1) is 0 Å². The van der Waals surface area contributed by atoms with Gasteiger partial charge in [-0.15, -0.1) is 0 Å². The van der Waals surface area contributed by atoms with Gasteiger partial charge >= 0.3 is 12.2 Å². The molecule has 1 aliphatic rings. The van der Waals surface area contributed by atoms with Gasteiger partial charge in [0, 0.05) is 6.54 Å². The number of carbonyl (C=O) groups is 3. The monoisotopic (exact) mass is 405 g/mol. The van der Waals surface area contributed by atoms with Crippen LogP contribution in [0.1, 0.15) is 11.1 Å². The van der Waals surface area contributed by atoms with Gasteiger partial charge in [-0.25, -0.2) is 4.79 Å². The first-order chi connectivity index (χ1) is 13.7. The van der Waals surface area contributed by atoms with Crippen LogP contribution in [0.2, 0.25) is 0 Å². The Bertz CT molecular complexity index is 903. The summed E-state index contributed by atoms with van der Waals surface area (Å²) in [6, 6.07) is 15.6. The minimum Gasteiger partial charge on any atom is -0.318 e. The van der Waals surface area contributed by atoms with Crippen LogP contribution in [-0.4, -0.2) is 41.1 Å². The third kappa shape index (κ3) is 4.23. The number of benzene rings is 2. The van der Waals surface area contributed by atoms with Crippen molar-refractivity contribution in [1.29, 1.82) is 0 Å². The number of amides is 4. The molecule has 6 nitrogen and oxygen atoms in total. The van der Waals surface area contributed by atoms with Gasteiger partial charge < -0.3 is 5.32 Å². The zero-order valence-corrected chi connectivity index (χ0v) is 15.2. The molecule has 0 aromatic heterocycles. The molecule has 0 unspecified atom stereocenters. The lowest BCUT2D eigenvalue weighted by molar-refractivity contribution is -0.204. The predicted molar refractivity (Wildman–Crippen MR) is 97.5 cm³/mol. The molecule has 2 N–H and O–H groups in total. The Balaban J connectivity index is 1.77. The summed E-state index contributed by atoms with van der Waals surface area (Å²) in [6.45, 7) is -0.249. The topological polar surface area (TPSA) is 78.5 Å². The Labute approximate surface area is 164 Å². The van der Waals surface area contributed by atoms with Crippen molar-refractivity contribution in [3.63, 3.8) is 0 Å². The van der Waals surface area contributed by atoms with E-state index in [2.05, 4.69) is 0 Å². The molecule has 152 valence electrons. The number of rotatable bonds is 6. The minimum atomic E-state index is -5.21. The second-order valence-corrected chi connectivity index (χ2v) is 6.58. The van der Waals surface area contributed by atoms with Gasteiger partial charge in [0.05, 0.1) is 6.42 Å². The van der Waals surface area contributed by atoms with E-state index in [0.29, 0.717) is 10.5 Å². The summed E-state index contributed by atoms with van der Waals surface area (Å²) in [4.78, 5) is 37.5. The van der Waals surface area contributed by atoms with Gasteiger partial charge in [0.25, 0.3) is 11.6 Å². The highest BCUT2D eigenvalue weighted by Crippen LogP contribution is 2.34. The fraction of sp³-hybridized carbons (Fsp3) is 0.250. The molecule has 1 atom stereocenters. The van der Waals surface area contributed by atoms with Crippen LogP contribution in [-0.2, 0) is 22.4 Å². The maximum absolute atomic E-state index is 13.8. The molecule has 0 saturated carbocycles. The second-order valence-electron chi connectivity index (χ2n) is 6.58. The van der Waals surface area contributed by atoms with E-state index < -0.39 is 29.7 Å². The summed E-state index contributed by atoms with van der Waals surface area (Å²) < 4.78 is 41.4. The van der Waals surface area contributed by atoms with Gasteiger partial charge in [0.2, 0.25) is 5.91 Å². The fourth-order valence-corrected chi connectivity index (χ4v) is 3.05. The van der Waals surface area contributed by atoms with Gasteiger partial charge in [-0.3, -0.25) is 19.8 Å². The van der Waals surface area contributed by atoms with Gasteiger partial charge in [0.1, 0.15) is 0 Å². The van der Waals surface area contributed by atoms with Gasteiger partial charge in [-0.05, 0) is 17.5 Å². The van der Waals surface area contributed by atoms with Crippen molar-refractivity contribution < 1.29 is 27.6 Å². The number of nitrogens with zero attached hydrogens (tertiary/aromatic N) is 1. The van der Waals surface area contributed by atoms with Crippen molar-refractivity contribution in [2.45, 2.75) is 24.7 Å². The largest absolute Gasteiger partial charge is 0.440 e. The maximum Gasteiger partial charge on any atom is 0.440 e. The van der Waals surface area contributed by atoms with Crippen molar-refractivity contribution in [3.05, 3.63) is 71.8 Å². The first kappa shape index (κ1) is 20.4. The molecule has 9 heteroatoms. The molecule has 4 amide bonds. The number of nitrogens with one attached hydrogen (secondary N) is 2. The SMILES string of the molecule is O=C(Cc1ccccc1)N[C@@]1(C(F)(F)F)NC(=O)N(CCc2ccccc2)C1=O. The third-order valence-electron chi connectivity index (χ3n) is 4.53. The van der Waals surface area contributed by atoms with E-state index in [-0.39, 0.29) is 19.4 Å². The lowest BCUT2D eigenvalue weighted by Crippen LogP contribution is -2.69. The number of urea groups is 1. The lowest BCUT2D eigenvalue weighted by Gasteiger charge is -2.30. The summed E-state index contributed by atoms with van der Waals surface area (Å²) in [5.41, 5.74) is -2.25. The first-order valence-corrected chi connectivity index (χ1v) is 8.82. The van der Waals surface area contributed by atoms with Gasteiger partial charge in [-0.2, -0.15) is 13.2 Å². The van der Waals surface area contributed by atoms with Gasteiger partial charge in [0.15, 0.2) is 0 Å². The molecule has 0 radical (unpaired) electrons. The zero-order chi connectivity index (χ0) is 21.1. The van der Waals surface area contributed by atoms with Crippen LogP contribution in [0.25, 0.3) is 0 Å². The Morgan fingerprint density at radius 1 is 0.966 bits per heavy atom. The third-order valence-corrected chi connectivity index (χ3v) is 4.53. The second kappa shape index (κ2) is 7.94. The standard InChI is InChI=1S/C20H18F3N3O3/c21-20(22,23)19(24-16(27)13-15-9-5-2-6-10-15)17(28)26(18(29)25-19)12-11-14-7-3-1-4-8-14/h1-10H,11-13H2,(H,24,27)(H,25,29)/t19-/m1/s1. The quantitative estimate of drug-likeness (QED) is 0.725. The maximum atomic E-state index is 13.8. The highest BCUT2D eigenvalue weighted by atomic mass is 19.4. The van der Waals surface area contributed by atoms with E-state index in [1.807, 2.05) is 0 Å². The number of hydrogen-bond acceptors (Lipinski definition) is 3. The van der Waals surface area contributed by atoms with Gasteiger partial charge in [-0.1, -0.05) is 60.7 Å². The lowest BCUT2D eigenvalue weighted by atomic mass is 10.1. The molecule has 1 fully saturated rings. The van der Waals surface area contributed by atoms with E-state index >= 15 is 0 Å². The van der Waals surface area contributed by atoms with Crippen molar-refractivity contribution in [1.82, 2.24) is 15.5 Å². The molecule has 3 rings (SSSR count). The van der Waals surface area contributed by atoms with Crippen LogP contribution in [0.4, 0.5) is 18.0 Å². The minimum absolute atomic E-state index is 0.186. The van der Waals surface area contributed by atoms with Crippen LogP contribution < -0.4 is 10.6 Å². The van der Waals surface area contributed by atoms with E-state index in [1.54, 1.807) is 71.3 Å². The Kier molecular flexibility index (Phi) is 5.58. The van der Waals surface area contributed by atoms with Crippen molar-refractivity contribution in [2.75, 3.05) is 6.54 Å². The van der Waals surface area contributed by atoms with E-state index in [9.17, 15) is 27.6 Å². The predicted octanol–water partition coefficient (Wildman–Crippen LogP) is 2.40. The molecule has 1 heterocycles. The first-order valence-electron chi connectivity index (χ1n) is 8.82.